The van der Waals surface area contributed by atoms with Gasteiger partial charge in [0, 0.05) is 12.2 Å². The third-order valence-electron chi connectivity index (χ3n) is 3.29. The van der Waals surface area contributed by atoms with Gasteiger partial charge in [-0.25, -0.2) is 8.78 Å². The van der Waals surface area contributed by atoms with Gasteiger partial charge in [-0.1, -0.05) is 24.3 Å². The molecule has 4 nitrogen and oxygen atoms in total. The second-order valence-electron chi connectivity index (χ2n) is 5.26. The third-order valence-corrected chi connectivity index (χ3v) is 3.29. The standard InChI is InChI=1S/C17H18F2N2O2/c1-21(11-16(23)20-12-6-3-2-4-7-12)10-15(22)17-13(18)8-5-9-14(17)19/h2-9,15,22H,10-11H2,1H3,(H,20,23). The maximum atomic E-state index is 13.6. The summed E-state index contributed by atoms with van der Waals surface area (Å²) < 4.78 is 27.2. The van der Waals surface area contributed by atoms with E-state index in [0.717, 1.165) is 12.1 Å². The normalized spacial score (nSPS) is 12.2. The Morgan fingerprint density at radius 2 is 1.74 bits per heavy atom. The van der Waals surface area contributed by atoms with Gasteiger partial charge in [0.1, 0.15) is 11.6 Å². The van der Waals surface area contributed by atoms with Crippen molar-refractivity contribution in [2.45, 2.75) is 6.10 Å². The molecule has 0 fully saturated rings. The minimum Gasteiger partial charge on any atom is -0.387 e. The molecule has 0 radical (unpaired) electrons. The maximum absolute atomic E-state index is 13.6. The number of hydrogen-bond donors (Lipinski definition) is 2. The first-order valence-electron chi connectivity index (χ1n) is 7.13. The van der Waals surface area contributed by atoms with E-state index in [4.69, 9.17) is 0 Å². The van der Waals surface area contributed by atoms with E-state index in [0.29, 0.717) is 5.69 Å². The van der Waals surface area contributed by atoms with Crippen LogP contribution in [0, 0.1) is 11.6 Å². The van der Waals surface area contributed by atoms with Crippen LogP contribution in [0.1, 0.15) is 11.7 Å². The lowest BCUT2D eigenvalue weighted by Gasteiger charge is -2.21. The molecule has 2 rings (SSSR count). The number of carbonyl (C=O) groups is 1. The number of carbonyl (C=O) groups excluding carboxylic acids is 1. The number of rotatable bonds is 6. The summed E-state index contributed by atoms with van der Waals surface area (Å²) in [5.74, 6) is -1.89. The highest BCUT2D eigenvalue weighted by Gasteiger charge is 2.20. The Balaban J connectivity index is 1.91. The molecule has 2 aromatic rings. The zero-order valence-corrected chi connectivity index (χ0v) is 12.7. The monoisotopic (exact) mass is 320 g/mol. The summed E-state index contributed by atoms with van der Waals surface area (Å²) in [7, 11) is 1.59. The number of aliphatic hydroxyl groups excluding tert-OH is 1. The molecule has 0 aliphatic heterocycles. The maximum Gasteiger partial charge on any atom is 0.238 e. The highest BCUT2D eigenvalue weighted by molar-refractivity contribution is 5.92. The smallest absolute Gasteiger partial charge is 0.238 e. The molecule has 2 aromatic carbocycles. The number of halogens is 2. The molecule has 0 aliphatic rings. The molecular formula is C17H18F2N2O2. The molecule has 1 atom stereocenters. The number of hydrogen-bond acceptors (Lipinski definition) is 3. The number of likely N-dealkylation sites (N-methyl/N-ethyl adjacent to an activating group) is 1. The summed E-state index contributed by atoms with van der Waals surface area (Å²) in [5.41, 5.74) is 0.273. The van der Waals surface area contributed by atoms with E-state index in [1.165, 1.54) is 11.0 Å². The van der Waals surface area contributed by atoms with E-state index in [2.05, 4.69) is 5.32 Å². The van der Waals surface area contributed by atoms with Crippen LogP contribution < -0.4 is 5.32 Å². The van der Waals surface area contributed by atoms with Crippen molar-refractivity contribution in [2.75, 3.05) is 25.5 Å². The first-order chi connectivity index (χ1) is 11.0. The Morgan fingerprint density at radius 1 is 1.13 bits per heavy atom. The Labute approximate surface area is 133 Å². The summed E-state index contributed by atoms with van der Waals surface area (Å²) in [6.45, 7) is -0.0813. The molecule has 2 N–H and O–H groups in total. The van der Waals surface area contributed by atoms with Crippen molar-refractivity contribution in [3.05, 3.63) is 65.7 Å². The second-order valence-corrected chi connectivity index (χ2v) is 5.26. The van der Waals surface area contributed by atoms with Crippen molar-refractivity contribution in [1.82, 2.24) is 4.90 Å². The molecular weight excluding hydrogens is 302 g/mol. The van der Waals surface area contributed by atoms with Crippen molar-refractivity contribution >= 4 is 11.6 Å². The van der Waals surface area contributed by atoms with Gasteiger partial charge in [0.25, 0.3) is 0 Å². The number of nitrogens with zero attached hydrogens (tertiary/aromatic N) is 1. The number of benzene rings is 2. The predicted molar refractivity (Wildman–Crippen MR) is 83.9 cm³/mol. The highest BCUT2D eigenvalue weighted by Crippen LogP contribution is 2.21. The number of aliphatic hydroxyl groups is 1. The van der Waals surface area contributed by atoms with Gasteiger partial charge >= 0.3 is 0 Å². The Morgan fingerprint density at radius 3 is 2.35 bits per heavy atom. The quantitative estimate of drug-likeness (QED) is 0.860. The third kappa shape index (κ3) is 4.84. The van der Waals surface area contributed by atoms with Gasteiger partial charge in [0.2, 0.25) is 5.91 Å². The van der Waals surface area contributed by atoms with Crippen molar-refractivity contribution in [1.29, 1.82) is 0 Å². The average molecular weight is 320 g/mol. The number of anilines is 1. The topological polar surface area (TPSA) is 52.6 Å². The summed E-state index contributed by atoms with van der Waals surface area (Å²) in [4.78, 5) is 13.4. The van der Waals surface area contributed by atoms with Gasteiger partial charge in [-0.3, -0.25) is 9.69 Å². The van der Waals surface area contributed by atoms with E-state index < -0.39 is 17.7 Å². The van der Waals surface area contributed by atoms with Gasteiger partial charge in [-0.05, 0) is 31.3 Å². The minimum atomic E-state index is -1.36. The van der Waals surface area contributed by atoms with Crippen molar-refractivity contribution < 1.29 is 18.7 Å². The fourth-order valence-corrected chi connectivity index (χ4v) is 2.25. The number of nitrogens with one attached hydrogen (secondary N) is 1. The van der Waals surface area contributed by atoms with E-state index in [-0.39, 0.29) is 24.6 Å². The van der Waals surface area contributed by atoms with Crippen LogP contribution >= 0.6 is 0 Å². The molecule has 0 heterocycles. The van der Waals surface area contributed by atoms with Gasteiger partial charge in [0.15, 0.2) is 0 Å². The number of para-hydroxylation sites is 1. The van der Waals surface area contributed by atoms with Gasteiger partial charge in [-0.15, -0.1) is 0 Å². The number of amides is 1. The summed E-state index contributed by atoms with van der Waals surface area (Å²) in [5, 5.41) is 12.7. The molecule has 0 aromatic heterocycles. The molecule has 6 heteroatoms. The molecule has 1 amide bonds. The van der Waals surface area contributed by atoms with Gasteiger partial charge in [0.05, 0.1) is 18.2 Å². The fraction of sp³-hybridized carbons (Fsp3) is 0.235. The fourth-order valence-electron chi connectivity index (χ4n) is 2.25. The summed E-state index contributed by atoms with van der Waals surface area (Å²) in [6, 6.07) is 12.3. The lowest BCUT2D eigenvalue weighted by molar-refractivity contribution is -0.117. The van der Waals surface area contributed by atoms with Crippen LogP contribution in [-0.4, -0.2) is 36.1 Å². The Hall–Kier alpha value is -2.31. The zero-order chi connectivity index (χ0) is 16.8. The highest BCUT2D eigenvalue weighted by atomic mass is 19.1. The van der Waals surface area contributed by atoms with Crippen LogP contribution in [0.25, 0.3) is 0 Å². The van der Waals surface area contributed by atoms with E-state index >= 15 is 0 Å². The summed E-state index contributed by atoms with van der Waals surface area (Å²) >= 11 is 0. The van der Waals surface area contributed by atoms with E-state index in [9.17, 15) is 18.7 Å². The van der Waals surface area contributed by atoms with E-state index in [1.807, 2.05) is 6.07 Å². The average Bonchev–Trinajstić information content (AvgIpc) is 2.47. The molecule has 0 saturated carbocycles. The first kappa shape index (κ1) is 17.1. The molecule has 23 heavy (non-hydrogen) atoms. The molecule has 0 bridgehead atoms. The van der Waals surface area contributed by atoms with Crippen molar-refractivity contribution in [3.8, 4) is 0 Å². The Kier molecular flexibility index (Phi) is 5.78. The van der Waals surface area contributed by atoms with Crippen LogP contribution in [-0.2, 0) is 4.79 Å². The lowest BCUT2D eigenvalue weighted by atomic mass is 10.1. The van der Waals surface area contributed by atoms with Crippen molar-refractivity contribution in [3.63, 3.8) is 0 Å². The largest absolute Gasteiger partial charge is 0.387 e. The Bertz CT molecular complexity index is 645. The summed E-state index contributed by atoms with van der Waals surface area (Å²) in [6.07, 6.45) is -1.36. The van der Waals surface area contributed by atoms with Crippen molar-refractivity contribution in [2.24, 2.45) is 0 Å². The molecule has 122 valence electrons. The predicted octanol–water partition coefficient (Wildman–Crippen LogP) is 2.57. The van der Waals surface area contributed by atoms with Crippen LogP contribution in [0.5, 0.6) is 0 Å². The van der Waals surface area contributed by atoms with Gasteiger partial charge < -0.3 is 10.4 Å². The molecule has 0 aliphatic carbocycles. The molecule has 0 saturated heterocycles. The van der Waals surface area contributed by atoms with Crippen LogP contribution in [0.4, 0.5) is 14.5 Å². The van der Waals surface area contributed by atoms with Crippen LogP contribution in [0.3, 0.4) is 0 Å². The molecule has 1 unspecified atom stereocenters. The minimum absolute atomic E-state index is 0.0119. The van der Waals surface area contributed by atoms with Crippen LogP contribution in [0.2, 0.25) is 0 Å². The molecule has 0 spiro atoms. The zero-order valence-electron chi connectivity index (χ0n) is 12.7. The van der Waals surface area contributed by atoms with Gasteiger partial charge in [-0.2, -0.15) is 0 Å². The second kappa shape index (κ2) is 7.80. The first-order valence-corrected chi connectivity index (χ1v) is 7.13. The SMILES string of the molecule is CN(CC(=O)Nc1ccccc1)CC(O)c1c(F)cccc1F. The van der Waals surface area contributed by atoms with E-state index in [1.54, 1.807) is 31.3 Å². The lowest BCUT2D eigenvalue weighted by Crippen LogP contribution is -2.33. The van der Waals surface area contributed by atoms with Crippen LogP contribution in [0.15, 0.2) is 48.5 Å².